The van der Waals surface area contributed by atoms with E-state index >= 15 is 0 Å². The number of hydrogen-bond acceptors (Lipinski definition) is 4. The van der Waals surface area contributed by atoms with Gasteiger partial charge >= 0.3 is 5.97 Å². The van der Waals surface area contributed by atoms with E-state index in [1.165, 1.54) is 10.9 Å². The van der Waals surface area contributed by atoms with Gasteiger partial charge in [-0.15, -0.1) is 0 Å². The molecule has 0 fully saturated rings. The van der Waals surface area contributed by atoms with Crippen molar-refractivity contribution in [1.29, 1.82) is 0 Å². The van der Waals surface area contributed by atoms with Crippen molar-refractivity contribution in [1.82, 2.24) is 9.78 Å². The fraction of sp³-hybridized carbons (Fsp3) is 0.556. The quantitative estimate of drug-likeness (QED) is 0.747. The molecule has 0 saturated heterocycles. The van der Waals surface area contributed by atoms with E-state index < -0.39 is 5.97 Å². The van der Waals surface area contributed by atoms with Gasteiger partial charge in [0.25, 0.3) is 0 Å². The molecule has 0 amide bonds. The van der Waals surface area contributed by atoms with Gasteiger partial charge in [0.2, 0.25) is 0 Å². The van der Waals surface area contributed by atoms with Crippen LogP contribution >= 0.6 is 0 Å². The minimum Gasteiger partial charge on any atom is -0.476 e. The third-order valence-corrected chi connectivity index (χ3v) is 1.76. The first-order chi connectivity index (χ1) is 7.00. The molecule has 0 spiro atoms. The lowest BCUT2D eigenvalue weighted by Crippen LogP contribution is -2.11. The number of hydrogen-bond donors (Lipinski definition) is 2. The molecule has 0 unspecified atom stereocenters. The van der Waals surface area contributed by atoms with Crippen LogP contribution in [0.25, 0.3) is 0 Å². The van der Waals surface area contributed by atoms with Gasteiger partial charge in [0.1, 0.15) is 0 Å². The van der Waals surface area contributed by atoms with E-state index in [9.17, 15) is 4.79 Å². The second-order valence-electron chi connectivity index (χ2n) is 3.42. The molecule has 15 heavy (non-hydrogen) atoms. The number of nitrogens with two attached hydrogens (primary N) is 1. The Bertz CT molecular complexity index is 346. The van der Waals surface area contributed by atoms with Crippen molar-refractivity contribution in [2.45, 2.75) is 26.5 Å². The Labute approximate surface area is 87.6 Å². The van der Waals surface area contributed by atoms with Gasteiger partial charge < -0.3 is 15.6 Å². The van der Waals surface area contributed by atoms with Crippen molar-refractivity contribution in [3.8, 4) is 0 Å². The summed E-state index contributed by atoms with van der Waals surface area (Å²) in [6.07, 6.45) is 1.64. The van der Waals surface area contributed by atoms with Crippen molar-refractivity contribution in [2.24, 2.45) is 0 Å². The van der Waals surface area contributed by atoms with Crippen LogP contribution in [0, 0.1) is 0 Å². The van der Waals surface area contributed by atoms with E-state index in [1.807, 2.05) is 13.8 Å². The summed E-state index contributed by atoms with van der Waals surface area (Å²) < 4.78 is 6.78. The monoisotopic (exact) mass is 213 g/mol. The molecular weight excluding hydrogens is 198 g/mol. The number of carboxylic acids is 1. The first-order valence-electron chi connectivity index (χ1n) is 4.68. The molecule has 6 heteroatoms. The predicted octanol–water partition coefficient (Wildman–Crippen LogP) is 0.588. The van der Waals surface area contributed by atoms with Gasteiger partial charge in [0.05, 0.1) is 24.9 Å². The molecule has 0 aliphatic heterocycles. The van der Waals surface area contributed by atoms with Gasteiger partial charge in [-0.1, -0.05) is 0 Å². The Morgan fingerprint density at radius 3 is 2.87 bits per heavy atom. The van der Waals surface area contributed by atoms with Crippen molar-refractivity contribution in [3.63, 3.8) is 0 Å². The normalized spacial score (nSPS) is 10.9. The van der Waals surface area contributed by atoms with Gasteiger partial charge in [0, 0.05) is 6.20 Å². The summed E-state index contributed by atoms with van der Waals surface area (Å²) in [6, 6.07) is 0. The summed E-state index contributed by atoms with van der Waals surface area (Å²) in [5, 5.41) is 12.5. The number of aromatic carboxylic acids is 1. The summed E-state index contributed by atoms with van der Waals surface area (Å²) >= 11 is 0. The Morgan fingerprint density at radius 2 is 2.40 bits per heavy atom. The van der Waals surface area contributed by atoms with E-state index in [4.69, 9.17) is 15.6 Å². The average molecular weight is 213 g/mol. The van der Waals surface area contributed by atoms with Crippen molar-refractivity contribution >= 4 is 11.7 Å². The highest BCUT2D eigenvalue weighted by Crippen LogP contribution is 2.08. The highest BCUT2D eigenvalue weighted by Gasteiger charge is 2.12. The zero-order valence-corrected chi connectivity index (χ0v) is 8.80. The van der Waals surface area contributed by atoms with Crippen LogP contribution in [0.5, 0.6) is 0 Å². The SMILES string of the molecule is CC(C)OCCn1cc(N)c(C(=O)O)n1. The zero-order chi connectivity index (χ0) is 11.4. The maximum Gasteiger partial charge on any atom is 0.358 e. The standard InChI is InChI=1S/C9H15N3O3/c1-6(2)15-4-3-12-5-7(10)8(11-12)9(13)14/h5-6H,3-4,10H2,1-2H3,(H,13,14). The van der Waals surface area contributed by atoms with Crippen LogP contribution in [0.3, 0.4) is 0 Å². The van der Waals surface area contributed by atoms with E-state index in [0.29, 0.717) is 13.2 Å². The van der Waals surface area contributed by atoms with Gasteiger partial charge in [-0.05, 0) is 13.8 Å². The number of ether oxygens (including phenoxy) is 1. The summed E-state index contributed by atoms with van der Waals surface area (Å²) in [4.78, 5) is 10.6. The van der Waals surface area contributed by atoms with Crippen molar-refractivity contribution < 1.29 is 14.6 Å². The molecule has 0 aromatic carbocycles. The van der Waals surface area contributed by atoms with E-state index in [2.05, 4.69) is 5.10 Å². The van der Waals surface area contributed by atoms with Crippen LogP contribution in [0.1, 0.15) is 24.3 Å². The molecule has 0 bridgehead atoms. The van der Waals surface area contributed by atoms with E-state index in [1.54, 1.807) is 0 Å². The van der Waals surface area contributed by atoms with Gasteiger partial charge in [-0.25, -0.2) is 4.79 Å². The van der Waals surface area contributed by atoms with Crippen LogP contribution in [-0.4, -0.2) is 33.6 Å². The van der Waals surface area contributed by atoms with Crippen molar-refractivity contribution in [3.05, 3.63) is 11.9 Å². The van der Waals surface area contributed by atoms with Crippen molar-refractivity contribution in [2.75, 3.05) is 12.3 Å². The molecule has 3 N–H and O–H groups in total. The molecule has 0 saturated carbocycles. The minimum atomic E-state index is -1.11. The van der Waals surface area contributed by atoms with Crippen LogP contribution in [0.2, 0.25) is 0 Å². The Balaban J connectivity index is 2.56. The maximum absolute atomic E-state index is 10.6. The van der Waals surface area contributed by atoms with Gasteiger partial charge in [0.15, 0.2) is 5.69 Å². The Hall–Kier alpha value is -1.56. The van der Waals surface area contributed by atoms with Crippen LogP contribution in [0.4, 0.5) is 5.69 Å². The number of rotatable bonds is 5. The first-order valence-corrected chi connectivity index (χ1v) is 4.68. The molecule has 1 rings (SSSR count). The highest BCUT2D eigenvalue weighted by atomic mass is 16.5. The summed E-state index contributed by atoms with van der Waals surface area (Å²) in [7, 11) is 0. The summed E-state index contributed by atoms with van der Waals surface area (Å²) in [6.45, 7) is 4.84. The molecular formula is C9H15N3O3. The fourth-order valence-electron chi connectivity index (χ4n) is 1.10. The third-order valence-electron chi connectivity index (χ3n) is 1.76. The second-order valence-corrected chi connectivity index (χ2v) is 3.42. The summed E-state index contributed by atoms with van der Waals surface area (Å²) in [5.74, 6) is -1.11. The lowest BCUT2D eigenvalue weighted by Gasteiger charge is -2.06. The van der Waals surface area contributed by atoms with Crippen LogP contribution < -0.4 is 5.73 Å². The molecule has 0 atom stereocenters. The third kappa shape index (κ3) is 3.25. The van der Waals surface area contributed by atoms with Crippen LogP contribution in [0.15, 0.2) is 6.20 Å². The van der Waals surface area contributed by atoms with E-state index in [0.717, 1.165) is 0 Å². The largest absolute Gasteiger partial charge is 0.476 e. The molecule has 1 aromatic rings. The summed E-state index contributed by atoms with van der Waals surface area (Å²) in [5.41, 5.74) is 5.53. The van der Waals surface area contributed by atoms with Gasteiger partial charge in [-0.2, -0.15) is 5.10 Å². The lowest BCUT2D eigenvalue weighted by molar-refractivity contribution is 0.0671. The number of carboxylic acid groups (broad SMARTS) is 1. The molecule has 1 aromatic heterocycles. The topological polar surface area (TPSA) is 90.4 Å². The number of aromatic nitrogens is 2. The molecule has 1 heterocycles. The predicted molar refractivity (Wildman–Crippen MR) is 54.7 cm³/mol. The Kier molecular flexibility index (Phi) is 3.68. The zero-order valence-electron chi connectivity index (χ0n) is 8.80. The minimum absolute atomic E-state index is 0.112. The lowest BCUT2D eigenvalue weighted by atomic mass is 10.4. The number of nitrogen functional groups attached to an aromatic ring is 1. The fourth-order valence-corrected chi connectivity index (χ4v) is 1.10. The van der Waals surface area contributed by atoms with Crippen LogP contribution in [-0.2, 0) is 11.3 Å². The number of nitrogens with zero attached hydrogens (tertiary/aromatic N) is 2. The van der Waals surface area contributed by atoms with E-state index in [-0.39, 0.29) is 17.5 Å². The smallest absolute Gasteiger partial charge is 0.358 e. The molecule has 0 aliphatic rings. The second kappa shape index (κ2) is 4.79. The molecule has 0 radical (unpaired) electrons. The number of carbonyl (C=O) groups is 1. The first kappa shape index (κ1) is 11.5. The highest BCUT2D eigenvalue weighted by molar-refractivity contribution is 5.91. The molecule has 0 aliphatic carbocycles. The Morgan fingerprint density at radius 1 is 1.73 bits per heavy atom. The van der Waals surface area contributed by atoms with Gasteiger partial charge in [-0.3, -0.25) is 4.68 Å². The maximum atomic E-state index is 10.6. The molecule has 6 nitrogen and oxygen atoms in total. The molecule has 84 valence electrons. The average Bonchev–Trinajstić information content (AvgIpc) is 2.46. The number of anilines is 1.